The summed E-state index contributed by atoms with van der Waals surface area (Å²) in [5.41, 5.74) is 2.59. The molecule has 0 aliphatic carbocycles. The van der Waals surface area contributed by atoms with Gasteiger partial charge >= 0.3 is 0 Å². The van der Waals surface area contributed by atoms with Crippen LogP contribution < -0.4 is 15.4 Å². The molecule has 1 unspecified atom stereocenters. The molecule has 272 valence electrons. The van der Waals surface area contributed by atoms with Crippen LogP contribution in [-0.4, -0.2) is 76.7 Å². The zero-order chi connectivity index (χ0) is 36.4. The molecule has 2 aromatic carbocycles. The number of carbonyl (C=O) groups is 2. The number of nitrogens with one attached hydrogen (secondary N) is 2. The first-order valence-electron chi connectivity index (χ1n) is 18.2. The maximum absolute atomic E-state index is 13.5. The van der Waals surface area contributed by atoms with Crippen molar-refractivity contribution in [2.45, 2.75) is 89.7 Å². The van der Waals surface area contributed by atoms with Gasteiger partial charge < -0.3 is 25.4 Å². The molecule has 0 spiro atoms. The number of rotatable bonds is 16. The summed E-state index contributed by atoms with van der Waals surface area (Å²) in [4.78, 5) is 39.8. The molecule has 1 saturated heterocycles. The smallest absolute Gasteiger partial charge is 0.262 e. The Balaban J connectivity index is 1.22. The highest BCUT2D eigenvalue weighted by Gasteiger charge is 2.35. The van der Waals surface area contributed by atoms with Crippen LogP contribution in [0.5, 0.6) is 5.75 Å². The third-order valence-electron chi connectivity index (χ3n) is 9.31. The van der Waals surface area contributed by atoms with Gasteiger partial charge in [0.2, 0.25) is 5.91 Å². The molecule has 1 aliphatic rings. The number of β-amino-alcohol motifs (C(OH)–C–C–N with tert-alkyl or cyclic N) is 1. The lowest BCUT2D eigenvalue weighted by molar-refractivity contribution is -0.124. The van der Waals surface area contributed by atoms with Crippen LogP contribution in [0.15, 0.2) is 73.1 Å². The summed E-state index contributed by atoms with van der Waals surface area (Å²) in [6.07, 6.45) is 10.6. The highest BCUT2D eigenvalue weighted by atomic mass is 32.1. The molecule has 0 saturated carbocycles. The van der Waals surface area contributed by atoms with Crippen LogP contribution in [-0.2, 0) is 16.6 Å². The lowest BCUT2D eigenvalue weighted by Crippen LogP contribution is -2.52. The van der Waals surface area contributed by atoms with E-state index >= 15 is 0 Å². The molecule has 2 atom stereocenters. The number of hydrogen-bond donors (Lipinski definition) is 3. The molecular weight excluding hydrogens is 659 g/mol. The Kier molecular flexibility index (Phi) is 13.0. The third-order valence-corrected chi connectivity index (χ3v) is 10.8. The Hall–Kier alpha value is -4.12. The average molecular weight is 712 g/mol. The van der Waals surface area contributed by atoms with Gasteiger partial charge in [-0.25, -0.2) is 9.97 Å². The minimum atomic E-state index is -0.989. The lowest BCUT2D eigenvalue weighted by Gasteiger charge is -2.25. The Morgan fingerprint density at radius 2 is 1.63 bits per heavy atom. The van der Waals surface area contributed by atoms with E-state index in [1.165, 1.54) is 37.0 Å². The SMILES string of the molecule is CCCCCCCOc1ccc(-c2cnc(-c3ccc(C[C@H](NC(=O)c4ccc(C(C)(C)C)s4)C(=O)NCC4(O)CCN(C)C4)cc3)nc2)cc1. The van der Waals surface area contributed by atoms with E-state index in [9.17, 15) is 14.7 Å². The van der Waals surface area contributed by atoms with E-state index < -0.39 is 11.6 Å². The summed E-state index contributed by atoms with van der Waals surface area (Å²) in [5, 5.41) is 16.8. The number of likely N-dealkylation sites (N-methyl/N-ethyl adjacent to an activating group) is 1. The number of amides is 2. The van der Waals surface area contributed by atoms with Gasteiger partial charge in [-0.1, -0.05) is 89.8 Å². The maximum Gasteiger partial charge on any atom is 0.262 e. The quantitative estimate of drug-likeness (QED) is 0.107. The molecule has 4 aromatic rings. The van der Waals surface area contributed by atoms with E-state index in [-0.39, 0.29) is 30.2 Å². The Labute approximate surface area is 306 Å². The molecule has 51 heavy (non-hydrogen) atoms. The van der Waals surface area contributed by atoms with Gasteiger partial charge in [-0.2, -0.15) is 0 Å². The lowest BCUT2D eigenvalue weighted by atomic mass is 9.95. The second kappa shape index (κ2) is 17.4. The van der Waals surface area contributed by atoms with Crippen LogP contribution >= 0.6 is 11.3 Å². The van der Waals surface area contributed by atoms with Gasteiger partial charge in [0.25, 0.3) is 5.91 Å². The summed E-state index contributed by atoms with van der Waals surface area (Å²) < 4.78 is 5.91. The zero-order valence-electron chi connectivity index (χ0n) is 30.7. The largest absolute Gasteiger partial charge is 0.494 e. The molecular formula is C41H53N5O4S. The molecule has 0 radical (unpaired) electrons. The van der Waals surface area contributed by atoms with E-state index in [1.54, 1.807) is 0 Å². The van der Waals surface area contributed by atoms with E-state index in [0.717, 1.165) is 52.5 Å². The van der Waals surface area contributed by atoms with Crippen molar-refractivity contribution in [1.29, 1.82) is 0 Å². The third kappa shape index (κ3) is 10.9. The summed E-state index contributed by atoms with van der Waals surface area (Å²) >= 11 is 1.44. The fraction of sp³-hybridized carbons (Fsp3) is 0.463. The summed E-state index contributed by atoms with van der Waals surface area (Å²) in [5.74, 6) is 0.841. The number of aliphatic hydroxyl groups is 1. The van der Waals surface area contributed by atoms with Gasteiger partial charge in [0.05, 0.1) is 17.1 Å². The average Bonchev–Trinajstić information content (AvgIpc) is 3.76. The first-order valence-corrected chi connectivity index (χ1v) is 19.0. The molecule has 5 rings (SSSR count). The minimum absolute atomic E-state index is 0.0800. The predicted octanol–water partition coefficient (Wildman–Crippen LogP) is 7.04. The van der Waals surface area contributed by atoms with Crippen molar-refractivity contribution in [1.82, 2.24) is 25.5 Å². The van der Waals surface area contributed by atoms with Crippen LogP contribution in [0.25, 0.3) is 22.5 Å². The Morgan fingerprint density at radius 3 is 2.25 bits per heavy atom. The van der Waals surface area contributed by atoms with Crippen molar-refractivity contribution in [3.63, 3.8) is 0 Å². The van der Waals surface area contributed by atoms with Gasteiger partial charge in [0, 0.05) is 54.5 Å². The van der Waals surface area contributed by atoms with Gasteiger partial charge in [-0.15, -0.1) is 11.3 Å². The minimum Gasteiger partial charge on any atom is -0.494 e. The first-order chi connectivity index (χ1) is 24.4. The topological polar surface area (TPSA) is 117 Å². The summed E-state index contributed by atoms with van der Waals surface area (Å²) in [6.45, 7) is 10.7. The maximum atomic E-state index is 13.5. The van der Waals surface area contributed by atoms with Crippen molar-refractivity contribution >= 4 is 23.2 Å². The number of hydrogen-bond acceptors (Lipinski definition) is 8. The van der Waals surface area contributed by atoms with Gasteiger partial charge in [-0.3, -0.25) is 9.59 Å². The molecule has 3 N–H and O–H groups in total. The van der Waals surface area contributed by atoms with Crippen LogP contribution in [0.1, 0.15) is 86.3 Å². The van der Waals surface area contributed by atoms with Crippen molar-refractivity contribution in [2.75, 3.05) is 33.3 Å². The van der Waals surface area contributed by atoms with Crippen molar-refractivity contribution in [3.05, 3.63) is 88.4 Å². The number of unbranched alkanes of at least 4 members (excludes halogenated alkanes) is 4. The number of nitrogens with zero attached hydrogens (tertiary/aromatic N) is 3. The monoisotopic (exact) mass is 711 g/mol. The van der Waals surface area contributed by atoms with Gasteiger partial charge in [0.15, 0.2) is 5.82 Å². The van der Waals surface area contributed by atoms with E-state index in [1.807, 2.05) is 85.0 Å². The molecule has 1 fully saturated rings. The van der Waals surface area contributed by atoms with E-state index in [4.69, 9.17) is 4.74 Å². The van der Waals surface area contributed by atoms with Crippen LogP contribution in [0.3, 0.4) is 0 Å². The van der Waals surface area contributed by atoms with Gasteiger partial charge in [-0.05, 0) is 60.7 Å². The van der Waals surface area contributed by atoms with Crippen molar-refractivity contribution in [2.24, 2.45) is 0 Å². The molecule has 10 heteroatoms. The summed E-state index contributed by atoms with van der Waals surface area (Å²) in [7, 11) is 1.95. The Bertz CT molecular complexity index is 1720. The van der Waals surface area contributed by atoms with Crippen molar-refractivity contribution < 1.29 is 19.4 Å². The highest BCUT2D eigenvalue weighted by molar-refractivity contribution is 7.14. The molecule has 9 nitrogen and oxygen atoms in total. The molecule has 1 aliphatic heterocycles. The second-order valence-corrected chi connectivity index (χ2v) is 15.9. The number of thiophene rings is 1. The Morgan fingerprint density at radius 1 is 0.941 bits per heavy atom. The molecule has 2 amide bonds. The standard InChI is InChI=1S/C41H53N5O4S/c1-6-7-8-9-10-23-50-33-17-15-30(16-18-33)32-25-42-37(43-26-32)31-13-11-29(12-14-31)24-34(38(47)44-27-41(49)21-22-46(5)28-41)45-39(48)35-19-20-36(51-35)40(2,3)4/h11-20,25-26,34,49H,6-10,21-24,27-28H2,1-5H3,(H,44,47)(H,45,48)/t34-,41?/m0/s1. The van der Waals surface area contributed by atoms with Crippen LogP contribution in [0.4, 0.5) is 0 Å². The van der Waals surface area contributed by atoms with E-state index in [0.29, 0.717) is 23.7 Å². The molecule has 0 bridgehead atoms. The first kappa shape index (κ1) is 38.1. The van der Waals surface area contributed by atoms with Crippen molar-refractivity contribution in [3.8, 4) is 28.3 Å². The predicted molar refractivity (Wildman–Crippen MR) is 205 cm³/mol. The normalized spacial score (nSPS) is 16.9. The number of benzene rings is 2. The van der Waals surface area contributed by atoms with Crippen LogP contribution in [0.2, 0.25) is 0 Å². The van der Waals surface area contributed by atoms with E-state index in [2.05, 4.69) is 48.3 Å². The number of carbonyl (C=O) groups excluding carboxylic acids is 2. The second-order valence-electron chi connectivity index (χ2n) is 14.9. The zero-order valence-corrected chi connectivity index (χ0v) is 31.5. The summed E-state index contributed by atoms with van der Waals surface area (Å²) in [6, 6.07) is 18.7. The number of ether oxygens (including phenoxy) is 1. The fourth-order valence-corrected chi connectivity index (χ4v) is 7.14. The number of aromatic nitrogens is 2. The fourth-order valence-electron chi connectivity index (χ4n) is 6.17. The van der Waals surface area contributed by atoms with Crippen LogP contribution in [0, 0.1) is 0 Å². The van der Waals surface area contributed by atoms with Gasteiger partial charge in [0.1, 0.15) is 11.8 Å². The molecule has 2 aromatic heterocycles. The molecule has 3 heterocycles. The highest BCUT2D eigenvalue weighted by Crippen LogP contribution is 2.30. The number of likely N-dealkylation sites (tertiary alicyclic amines) is 1.